The van der Waals surface area contributed by atoms with Crippen molar-refractivity contribution in [1.82, 2.24) is 10.2 Å². The Hall–Kier alpha value is -2.24. The van der Waals surface area contributed by atoms with Crippen molar-refractivity contribution in [1.29, 1.82) is 0 Å². The third kappa shape index (κ3) is 5.15. The van der Waals surface area contributed by atoms with E-state index < -0.39 is 0 Å². The first-order chi connectivity index (χ1) is 11.5. The highest BCUT2D eigenvalue weighted by Crippen LogP contribution is 2.16. The van der Waals surface area contributed by atoms with E-state index in [-0.39, 0.29) is 24.3 Å². The summed E-state index contributed by atoms with van der Waals surface area (Å²) in [6, 6.07) is 15.0. The van der Waals surface area contributed by atoms with Gasteiger partial charge < -0.3 is 15.5 Å². The highest BCUT2D eigenvalue weighted by Gasteiger charge is 2.14. The molecule has 0 bridgehead atoms. The van der Waals surface area contributed by atoms with Gasteiger partial charge >= 0.3 is 0 Å². The van der Waals surface area contributed by atoms with E-state index in [1.807, 2.05) is 32.3 Å². The molecule has 2 rings (SSSR count). The number of likely N-dealkylation sites (N-methyl/N-ethyl adjacent to an activating group) is 1. The highest BCUT2D eigenvalue weighted by molar-refractivity contribution is 5.92. The maximum absolute atomic E-state index is 13.5. The minimum absolute atomic E-state index is 0.173. The van der Waals surface area contributed by atoms with Crippen molar-refractivity contribution in [3.8, 4) is 0 Å². The molecule has 0 spiro atoms. The summed E-state index contributed by atoms with van der Waals surface area (Å²) in [6.07, 6.45) is 0. The third-order valence-corrected chi connectivity index (χ3v) is 3.89. The lowest BCUT2D eigenvalue weighted by atomic mass is 10.1. The first-order valence-electron chi connectivity index (χ1n) is 7.95. The Morgan fingerprint density at radius 3 is 2.50 bits per heavy atom. The van der Waals surface area contributed by atoms with Gasteiger partial charge in [0, 0.05) is 18.3 Å². The molecule has 0 aliphatic rings. The van der Waals surface area contributed by atoms with E-state index in [9.17, 15) is 9.18 Å². The number of amides is 1. The van der Waals surface area contributed by atoms with Crippen LogP contribution in [0, 0.1) is 12.7 Å². The van der Waals surface area contributed by atoms with Crippen molar-refractivity contribution < 1.29 is 9.18 Å². The molecule has 1 amide bonds. The van der Waals surface area contributed by atoms with Crippen LogP contribution >= 0.6 is 0 Å². The quantitative estimate of drug-likeness (QED) is 0.821. The molecule has 0 fully saturated rings. The molecule has 2 aromatic rings. The van der Waals surface area contributed by atoms with Gasteiger partial charge in [-0.25, -0.2) is 4.39 Å². The smallest absolute Gasteiger partial charge is 0.238 e. The van der Waals surface area contributed by atoms with E-state index >= 15 is 0 Å². The second kappa shape index (κ2) is 8.57. The molecule has 0 aromatic heterocycles. The first-order valence-corrected chi connectivity index (χ1v) is 7.95. The molecular formula is C19H24FN3O. The average molecular weight is 329 g/mol. The minimum Gasteiger partial charge on any atom is -0.325 e. The van der Waals surface area contributed by atoms with Crippen LogP contribution in [0.2, 0.25) is 0 Å². The van der Waals surface area contributed by atoms with Gasteiger partial charge in [-0.15, -0.1) is 0 Å². The topological polar surface area (TPSA) is 44.4 Å². The molecule has 0 radical (unpaired) electrons. The molecule has 24 heavy (non-hydrogen) atoms. The Balaban J connectivity index is 1.85. The van der Waals surface area contributed by atoms with Crippen molar-refractivity contribution in [2.75, 3.05) is 32.5 Å². The van der Waals surface area contributed by atoms with E-state index in [4.69, 9.17) is 0 Å². The summed E-state index contributed by atoms with van der Waals surface area (Å²) in [5.74, 6) is -0.513. The van der Waals surface area contributed by atoms with Crippen LogP contribution in [0.15, 0.2) is 48.5 Å². The Labute approximate surface area is 142 Å². The molecule has 0 saturated heterocycles. The number of anilines is 1. The van der Waals surface area contributed by atoms with Crippen LogP contribution in [-0.4, -0.2) is 38.0 Å². The molecule has 5 heteroatoms. The molecule has 0 heterocycles. The Morgan fingerprint density at radius 2 is 1.88 bits per heavy atom. The standard InChI is InChI=1S/C19H24FN3O/c1-14-9-10-16(11-17(14)20)22-19(24)13-21-12-18(23(2)3)15-7-5-4-6-8-15/h4-11,18,21H,12-13H2,1-3H3,(H,22,24)/t18-/m1/s1. The monoisotopic (exact) mass is 329 g/mol. The van der Waals surface area contributed by atoms with Gasteiger partial charge in [-0.2, -0.15) is 0 Å². The summed E-state index contributed by atoms with van der Waals surface area (Å²) in [4.78, 5) is 14.1. The lowest BCUT2D eigenvalue weighted by Crippen LogP contribution is -2.35. The fourth-order valence-electron chi connectivity index (χ4n) is 2.47. The van der Waals surface area contributed by atoms with Crippen molar-refractivity contribution in [2.24, 2.45) is 0 Å². The lowest BCUT2D eigenvalue weighted by Gasteiger charge is -2.25. The maximum atomic E-state index is 13.5. The van der Waals surface area contributed by atoms with Crippen molar-refractivity contribution >= 4 is 11.6 Å². The second-order valence-corrected chi connectivity index (χ2v) is 6.03. The van der Waals surface area contributed by atoms with Crippen LogP contribution < -0.4 is 10.6 Å². The van der Waals surface area contributed by atoms with Crippen LogP contribution in [-0.2, 0) is 4.79 Å². The van der Waals surface area contributed by atoms with E-state index in [1.165, 1.54) is 11.6 Å². The molecule has 0 saturated carbocycles. The highest BCUT2D eigenvalue weighted by atomic mass is 19.1. The van der Waals surface area contributed by atoms with E-state index in [1.54, 1.807) is 19.1 Å². The van der Waals surface area contributed by atoms with Gasteiger partial charge in [-0.05, 0) is 44.3 Å². The van der Waals surface area contributed by atoms with Crippen molar-refractivity contribution in [3.05, 3.63) is 65.5 Å². The van der Waals surface area contributed by atoms with Gasteiger partial charge in [0.25, 0.3) is 0 Å². The SMILES string of the molecule is Cc1ccc(NC(=O)CNC[C@H](c2ccccc2)N(C)C)cc1F. The number of carbonyl (C=O) groups excluding carboxylic acids is 1. The van der Waals surface area contributed by atoms with E-state index in [0.717, 1.165) is 0 Å². The number of benzene rings is 2. The Bertz CT molecular complexity index is 674. The lowest BCUT2D eigenvalue weighted by molar-refractivity contribution is -0.115. The summed E-state index contributed by atoms with van der Waals surface area (Å²) >= 11 is 0. The summed E-state index contributed by atoms with van der Waals surface area (Å²) < 4.78 is 13.5. The molecule has 0 aliphatic carbocycles. The fourth-order valence-corrected chi connectivity index (χ4v) is 2.47. The third-order valence-electron chi connectivity index (χ3n) is 3.89. The summed E-state index contributed by atoms with van der Waals surface area (Å²) in [5, 5.41) is 5.86. The molecule has 4 nitrogen and oxygen atoms in total. The molecule has 0 unspecified atom stereocenters. The number of nitrogens with one attached hydrogen (secondary N) is 2. The minimum atomic E-state index is -0.322. The average Bonchev–Trinajstić information content (AvgIpc) is 2.55. The molecule has 0 aliphatic heterocycles. The molecule has 2 N–H and O–H groups in total. The van der Waals surface area contributed by atoms with Crippen LogP contribution in [0.25, 0.3) is 0 Å². The van der Waals surface area contributed by atoms with Crippen molar-refractivity contribution in [3.63, 3.8) is 0 Å². The predicted octanol–water partition coefficient (Wildman–Crippen LogP) is 2.97. The number of halogens is 1. The van der Waals surface area contributed by atoms with Gasteiger partial charge in [0.15, 0.2) is 0 Å². The molecular weight excluding hydrogens is 305 g/mol. The first kappa shape index (κ1) is 18.1. The molecule has 128 valence electrons. The number of hydrogen-bond acceptors (Lipinski definition) is 3. The molecule has 2 aromatic carbocycles. The number of carbonyl (C=O) groups is 1. The molecule has 1 atom stereocenters. The van der Waals surface area contributed by atoms with Gasteiger partial charge in [0.2, 0.25) is 5.91 Å². The maximum Gasteiger partial charge on any atom is 0.238 e. The zero-order chi connectivity index (χ0) is 17.5. The summed E-state index contributed by atoms with van der Waals surface area (Å²) in [6.45, 7) is 2.51. The summed E-state index contributed by atoms with van der Waals surface area (Å²) in [5.41, 5.74) is 2.22. The van der Waals surface area contributed by atoms with Crippen LogP contribution in [0.5, 0.6) is 0 Å². The van der Waals surface area contributed by atoms with Crippen LogP contribution in [0.4, 0.5) is 10.1 Å². The van der Waals surface area contributed by atoms with Gasteiger partial charge in [0.1, 0.15) is 5.82 Å². The number of nitrogens with zero attached hydrogens (tertiary/aromatic N) is 1. The van der Waals surface area contributed by atoms with E-state index in [2.05, 4.69) is 27.7 Å². The van der Waals surface area contributed by atoms with Crippen LogP contribution in [0.3, 0.4) is 0 Å². The fraction of sp³-hybridized carbons (Fsp3) is 0.316. The Kier molecular flexibility index (Phi) is 6.46. The Morgan fingerprint density at radius 1 is 1.17 bits per heavy atom. The van der Waals surface area contributed by atoms with Gasteiger partial charge in [0.05, 0.1) is 6.54 Å². The van der Waals surface area contributed by atoms with Crippen molar-refractivity contribution in [2.45, 2.75) is 13.0 Å². The zero-order valence-corrected chi connectivity index (χ0v) is 14.3. The van der Waals surface area contributed by atoms with Gasteiger partial charge in [-0.1, -0.05) is 36.4 Å². The number of rotatable bonds is 7. The van der Waals surface area contributed by atoms with Crippen LogP contribution in [0.1, 0.15) is 17.2 Å². The summed E-state index contributed by atoms with van der Waals surface area (Å²) in [7, 11) is 4.02. The normalized spacial score (nSPS) is 12.2. The number of aryl methyl sites for hydroxylation is 1. The largest absolute Gasteiger partial charge is 0.325 e. The van der Waals surface area contributed by atoms with Gasteiger partial charge in [-0.3, -0.25) is 4.79 Å². The zero-order valence-electron chi connectivity index (χ0n) is 14.3. The number of hydrogen-bond donors (Lipinski definition) is 2. The predicted molar refractivity (Wildman–Crippen MR) is 95.5 cm³/mol. The van der Waals surface area contributed by atoms with E-state index in [0.29, 0.717) is 17.8 Å². The second-order valence-electron chi connectivity index (χ2n) is 6.03.